The van der Waals surface area contributed by atoms with E-state index < -0.39 is 98.2 Å². The van der Waals surface area contributed by atoms with Gasteiger partial charge in [0.25, 0.3) is 0 Å². The molecule has 9 aliphatic rings. The number of hydrogen-bond donors (Lipinski definition) is 12. The minimum absolute atomic E-state index is 0. The van der Waals surface area contributed by atoms with Crippen LogP contribution in [0.25, 0.3) is 0 Å². The van der Waals surface area contributed by atoms with Gasteiger partial charge in [-0.15, -0.1) is 12.4 Å². The highest BCUT2D eigenvalue weighted by Gasteiger charge is 2.39. The lowest BCUT2D eigenvalue weighted by Crippen LogP contribution is -2.45. The van der Waals surface area contributed by atoms with Crippen LogP contribution in [0.3, 0.4) is 0 Å². The van der Waals surface area contributed by atoms with E-state index in [1.54, 1.807) is 6.08 Å². The topological polar surface area (TPSA) is 576 Å². The van der Waals surface area contributed by atoms with E-state index in [4.69, 9.17) is 77.9 Å². The number of amides is 1. The lowest BCUT2D eigenvalue weighted by atomic mass is 9.80. The molecule has 9 rings (SSSR count). The molecule has 9 saturated carbocycles. The number of rotatable bonds is 27. The zero-order valence-electron chi connectivity index (χ0n) is 57.7. The van der Waals surface area contributed by atoms with Crippen LogP contribution in [0, 0.1) is 104 Å². The van der Waals surface area contributed by atoms with Crippen LogP contribution in [0.2, 0.25) is 0 Å². The van der Waals surface area contributed by atoms with E-state index >= 15 is 0 Å². The number of nitrogens with zero attached hydrogens (tertiary/aromatic N) is 5. The van der Waals surface area contributed by atoms with Gasteiger partial charge in [-0.25, -0.2) is 14.4 Å². The summed E-state index contributed by atoms with van der Waals surface area (Å²) in [5.41, 5.74) is 21.6. The summed E-state index contributed by atoms with van der Waals surface area (Å²) in [7, 11) is 2.14. The van der Waals surface area contributed by atoms with Crippen molar-refractivity contribution in [1.29, 1.82) is 0 Å². The summed E-state index contributed by atoms with van der Waals surface area (Å²) in [4.78, 5) is 98.4. The van der Waals surface area contributed by atoms with Crippen LogP contribution in [0.1, 0.15) is 244 Å². The van der Waals surface area contributed by atoms with Crippen molar-refractivity contribution in [3.8, 4) is 0 Å². The molecule has 105 heavy (non-hydrogen) atoms. The molecule has 0 aromatic heterocycles. The molecule has 0 aliphatic heterocycles. The van der Waals surface area contributed by atoms with E-state index in [9.17, 15) is 69.5 Å². The maximum absolute atomic E-state index is 10.9. The molecule has 0 bridgehead atoms. The lowest BCUT2D eigenvalue weighted by molar-refractivity contribution is -0.534. The quantitative estimate of drug-likeness (QED) is 0.0120. The van der Waals surface area contributed by atoms with Crippen LogP contribution >= 0.6 is 12.4 Å². The number of nitro groups is 5. The normalized spacial score (nSPS) is 19.1. The lowest BCUT2D eigenvalue weighted by Gasteiger charge is -2.29. The average molecular weight is 1560 g/mol. The number of carbonyl (C=O) groups is 5. The number of aliphatic hydroxyl groups excluding tert-OH is 6. The van der Waals surface area contributed by atoms with Gasteiger partial charge in [0.2, 0.25) is 37.3 Å². The zero-order chi connectivity index (χ0) is 74.2. The van der Waals surface area contributed by atoms with E-state index in [1.165, 1.54) is 103 Å². The molecule has 0 saturated heterocycles. The standard InChI is InChI=1S/C9H17NO3.C8H16N2O2.C8H13NO5.C8H15NO3.C6H11NO3.C6H11NO2.C6H9NO2.C5H10O.C5H8O.CH3NO2.5CH4.B.ClH.F2.FH.H2/c1-13-9(12)8(11)7(10)5-6-3-2-4-6;9-6(7(11)8(10)12)4-5-2-1-3-5;10-7(8(11)12)6(9(13)14)4-5-2-1-3-5;9-6(7(10)8(11)12)4-5-2-1-3-5;8-6(4-7(9)10)5-2-1-3-5;2*8-7(9)5-4-6-2-1-3-6;2*6-4-5-2-1-3-5;1-2(3)4;;;;;;;;1-2;;/h6-8,11H,2-5,10H2,1H3;5-7,11H,1-4,9H2,(H2,10,12);5-7,10H,1-4H2,(H,11,12);5-7,10H,1-4,9H2,(H,11,12);5-6,8H,1-4H2;6H,1-5H2;4-6H,1-3H2;5-6H,1-4H2;4-5H,1-3H2;1H3;5*1H4;;1H;;2*1H/b;;;;;;5-4+;;;;;;;;;;;;;/i;;;;;;;;;;;;;;;;;;;1+1. The Kier molecular flexibility index (Phi) is 81.2. The number of aliphatic carboxylic acids is 2. The van der Waals surface area contributed by atoms with Gasteiger partial charge < -0.3 is 73.3 Å². The molecule has 625 valence electrons. The van der Waals surface area contributed by atoms with Gasteiger partial charge in [-0.1, -0.05) is 159 Å². The highest BCUT2D eigenvalue weighted by Crippen LogP contribution is 2.35. The van der Waals surface area contributed by atoms with Crippen LogP contribution in [0.5, 0.6) is 0 Å². The van der Waals surface area contributed by atoms with E-state index in [1.807, 2.05) is 0 Å². The summed E-state index contributed by atoms with van der Waals surface area (Å²) in [5.74, 6) is 0.310. The Morgan fingerprint density at radius 2 is 0.857 bits per heavy atom. The highest BCUT2D eigenvalue weighted by atomic mass is 35.5. The predicted molar refractivity (Wildman–Crippen MR) is 400 cm³/mol. The van der Waals surface area contributed by atoms with Crippen molar-refractivity contribution in [2.45, 2.75) is 297 Å². The van der Waals surface area contributed by atoms with Crippen molar-refractivity contribution >= 4 is 50.9 Å². The number of carboxylic acid groups (broad SMARTS) is 2. The average Bonchev–Trinajstić information content (AvgIpc) is 0.873. The van der Waals surface area contributed by atoms with Gasteiger partial charge in [-0.2, -0.15) is 0 Å². The molecule has 0 aromatic rings. The monoisotopic (exact) mass is 1560 g/mol. The summed E-state index contributed by atoms with van der Waals surface area (Å²) in [6.45, 7) is 0.301. The Morgan fingerprint density at radius 1 is 0.533 bits per heavy atom. The maximum Gasteiger partial charge on any atom is 0.339 e. The summed E-state index contributed by atoms with van der Waals surface area (Å²) in [5, 5.41) is 120. The fraction of sp³-hybridized carbons (Fsp3) is 0.896. The minimum Gasteiger partial charge on any atom is -0.479 e. The van der Waals surface area contributed by atoms with Crippen LogP contribution in [0.15, 0.2) is 12.3 Å². The molecule has 9 atom stereocenters. The Labute approximate surface area is 628 Å². The molecular weight excluding hydrogens is 1420 g/mol. The first-order valence-electron chi connectivity index (χ1n) is 33.7. The number of methoxy groups -OCH3 is 1. The van der Waals surface area contributed by atoms with E-state index in [-0.39, 0.29) is 100 Å². The first-order chi connectivity index (χ1) is 45.8. The van der Waals surface area contributed by atoms with Crippen LogP contribution in [-0.4, -0.2) is 193 Å². The van der Waals surface area contributed by atoms with E-state index in [0.717, 1.165) is 109 Å². The minimum atomic E-state index is -1.88. The molecule has 9 unspecified atom stereocenters. The molecule has 9 aliphatic carbocycles. The summed E-state index contributed by atoms with van der Waals surface area (Å²) >= 11 is 0. The largest absolute Gasteiger partial charge is 0.479 e. The van der Waals surface area contributed by atoms with Crippen molar-refractivity contribution in [2.24, 2.45) is 76.2 Å². The second-order valence-corrected chi connectivity index (χ2v) is 26.3. The van der Waals surface area contributed by atoms with Gasteiger partial charge in [0.1, 0.15) is 18.5 Å². The molecule has 1 amide bonds. The Balaban J connectivity index is -0.000000105. The van der Waals surface area contributed by atoms with Crippen molar-refractivity contribution in [3.05, 3.63) is 62.8 Å². The number of carboxylic acids is 2. The first kappa shape index (κ1) is 120. The summed E-state index contributed by atoms with van der Waals surface area (Å²) in [6, 6.07) is -2.92. The molecule has 0 spiro atoms. The second-order valence-electron chi connectivity index (χ2n) is 26.3. The number of ether oxygens (including phenoxy) is 1. The number of esters is 1. The summed E-state index contributed by atoms with van der Waals surface area (Å²) in [6.07, 6.45) is 31.6. The maximum atomic E-state index is 10.9. The molecule has 0 aromatic carbocycles. The van der Waals surface area contributed by atoms with Crippen molar-refractivity contribution in [3.63, 3.8) is 0 Å². The number of aldehydes is 1. The third kappa shape index (κ3) is 58.8. The molecule has 3 radical (unpaired) electrons. The Morgan fingerprint density at radius 3 is 1.07 bits per heavy atom. The van der Waals surface area contributed by atoms with Gasteiger partial charge in [0.05, 0.1) is 12.0 Å². The number of allylic oxidation sites excluding steroid dienone is 1. The van der Waals surface area contributed by atoms with Crippen LogP contribution in [-0.2, 0) is 28.7 Å². The third-order valence-corrected chi connectivity index (χ3v) is 18.8. The van der Waals surface area contributed by atoms with Crippen molar-refractivity contribution < 1.29 is 109 Å². The smallest absolute Gasteiger partial charge is 0.339 e. The number of hydrogen-bond acceptors (Lipinski definition) is 25. The van der Waals surface area contributed by atoms with Gasteiger partial charge >= 0.3 is 17.9 Å². The predicted octanol–water partition coefficient (Wildman–Crippen LogP) is 9.18. The van der Waals surface area contributed by atoms with Crippen LogP contribution in [0.4, 0.5) is 13.9 Å². The molecular formula is C67H137BClF3N9O24. The number of nitrogens with two attached hydrogens (primary N) is 4. The first-order valence-corrected chi connectivity index (χ1v) is 33.7. The zero-order valence-corrected chi connectivity index (χ0v) is 58.5. The van der Waals surface area contributed by atoms with E-state index in [2.05, 4.69) is 4.74 Å². The van der Waals surface area contributed by atoms with Crippen molar-refractivity contribution in [1.82, 2.24) is 0 Å². The molecule has 9 fully saturated rings. The summed E-state index contributed by atoms with van der Waals surface area (Å²) < 4.78 is 20.4. The fourth-order valence-electron chi connectivity index (χ4n) is 10.3. The molecule has 16 N–H and O–H groups in total. The van der Waals surface area contributed by atoms with Crippen LogP contribution < -0.4 is 22.9 Å². The third-order valence-electron chi connectivity index (χ3n) is 18.8. The number of aliphatic hydroxyl groups is 6. The van der Waals surface area contributed by atoms with Crippen molar-refractivity contribution in [2.75, 3.05) is 33.9 Å². The van der Waals surface area contributed by atoms with Gasteiger partial charge in [-0.3, -0.25) is 60.1 Å². The Hall–Kier alpha value is -5.93. The Bertz CT molecular complexity index is 2240. The highest BCUT2D eigenvalue weighted by molar-refractivity contribution is 5.85. The van der Waals surface area contributed by atoms with E-state index in [0.29, 0.717) is 60.9 Å². The number of carbonyl (C=O) groups excluding carboxylic acids is 3. The van der Waals surface area contributed by atoms with Gasteiger partial charge in [0.15, 0.2) is 19.3 Å². The van der Waals surface area contributed by atoms with Gasteiger partial charge in [0, 0.05) is 82.2 Å². The number of halogens is 4. The van der Waals surface area contributed by atoms with Gasteiger partial charge in [-0.05, 0) is 124 Å². The second kappa shape index (κ2) is 71.0. The SMILES string of the molecule is C.C.C.C.C.COC(=O)C(O)C(N)CC1CCC1.C[N+](=O)[O-].Cl.F.FF.NC(=O)C(O)C(N)CC1CCC1.NC(CC1CCC1)C(O)C(=O)O.O=C(O)C(O)C(CC1CCC1)[N+](=O)[O-].O=CC1CCC1.O=[N+]([O-])/C=C/C1CCC1.O=[N+]([O-])CC(O)C1CCC1.O=[N+]([O-])CCC1CCC1.OCC1CCC1.[2HH].[B]. The molecule has 0 heterocycles. The number of primary amides is 1. The molecule has 38 heteroatoms. The fourth-order valence-corrected chi connectivity index (χ4v) is 10.3. The molecule has 33 nitrogen and oxygen atoms in total.